The molecule has 0 unspecified atom stereocenters. The maximum Gasteiger partial charge on any atom is 0.0546 e. The highest BCUT2D eigenvalue weighted by Crippen LogP contribution is 2.50. The van der Waals surface area contributed by atoms with Gasteiger partial charge in [-0.3, -0.25) is 0 Å². The van der Waals surface area contributed by atoms with Gasteiger partial charge in [-0.2, -0.15) is 0 Å². The van der Waals surface area contributed by atoms with Gasteiger partial charge in [0.1, 0.15) is 0 Å². The van der Waals surface area contributed by atoms with Gasteiger partial charge in [0, 0.05) is 37.0 Å². The molecule has 11 rings (SSSR count). The van der Waals surface area contributed by atoms with E-state index in [2.05, 4.69) is 217 Å². The molecule has 262 valence electrons. The third-order valence-electron chi connectivity index (χ3n) is 11.2. The highest BCUT2D eigenvalue weighted by Gasteiger charge is 2.25. The fourth-order valence-electron chi connectivity index (χ4n) is 8.65. The minimum absolute atomic E-state index is 1.12. The minimum atomic E-state index is 1.12. The van der Waals surface area contributed by atoms with E-state index in [1.165, 1.54) is 85.9 Å². The third-order valence-corrected chi connectivity index (χ3v) is 12.4. The van der Waals surface area contributed by atoms with Crippen LogP contribution in [0.2, 0.25) is 0 Å². The molecule has 0 aliphatic heterocycles. The summed E-state index contributed by atoms with van der Waals surface area (Å²) in [5.41, 5.74) is 10.6. The normalized spacial score (nSPS) is 11.6. The standard InChI is InChI=1S/C54H35NS/c1-2-14-36(15-3-1)40-29-31-50(48(34-40)45-25-12-19-37-16-4-7-21-42(37)45)55(41-30-33-53-49(35-41)46-24-10-11-27-52(46)56-53)51-32-28-39-18-6-9-23-44(39)54(51)47-26-13-20-38-17-5-8-22-43(38)47/h1-35H. The van der Waals surface area contributed by atoms with E-state index in [0.29, 0.717) is 0 Å². The van der Waals surface area contributed by atoms with Crippen molar-refractivity contribution in [2.45, 2.75) is 0 Å². The van der Waals surface area contributed by atoms with E-state index in [9.17, 15) is 0 Å². The lowest BCUT2D eigenvalue weighted by molar-refractivity contribution is 1.30. The molecule has 0 bridgehead atoms. The van der Waals surface area contributed by atoms with Crippen LogP contribution in [-0.2, 0) is 0 Å². The summed E-state index contributed by atoms with van der Waals surface area (Å²) in [7, 11) is 0. The number of benzene rings is 10. The maximum absolute atomic E-state index is 2.53. The molecule has 0 saturated heterocycles. The van der Waals surface area contributed by atoms with Gasteiger partial charge in [-0.25, -0.2) is 0 Å². The number of hydrogen-bond donors (Lipinski definition) is 0. The predicted molar refractivity (Wildman–Crippen MR) is 243 cm³/mol. The molecule has 2 heteroatoms. The molecular formula is C54H35NS. The monoisotopic (exact) mass is 729 g/mol. The van der Waals surface area contributed by atoms with E-state index in [-0.39, 0.29) is 0 Å². The first-order chi connectivity index (χ1) is 27.8. The Balaban J connectivity index is 1.28. The molecule has 0 aliphatic carbocycles. The third kappa shape index (κ3) is 5.38. The van der Waals surface area contributed by atoms with E-state index in [1.54, 1.807) is 0 Å². The molecule has 0 fully saturated rings. The van der Waals surface area contributed by atoms with E-state index in [0.717, 1.165) is 17.1 Å². The van der Waals surface area contributed by atoms with Crippen LogP contribution >= 0.6 is 11.3 Å². The number of nitrogens with zero attached hydrogens (tertiary/aromatic N) is 1. The van der Waals surface area contributed by atoms with Gasteiger partial charge in [0.2, 0.25) is 0 Å². The van der Waals surface area contributed by atoms with Crippen LogP contribution in [0, 0.1) is 0 Å². The first kappa shape index (κ1) is 32.4. The van der Waals surface area contributed by atoms with Crippen molar-refractivity contribution >= 4 is 80.9 Å². The summed E-state index contributed by atoms with van der Waals surface area (Å²) in [6.07, 6.45) is 0. The zero-order chi connectivity index (χ0) is 37.0. The van der Waals surface area contributed by atoms with E-state index >= 15 is 0 Å². The summed E-state index contributed by atoms with van der Waals surface area (Å²) in [5, 5.41) is 9.91. The molecule has 0 saturated carbocycles. The summed E-state index contributed by atoms with van der Waals surface area (Å²) in [5.74, 6) is 0. The second kappa shape index (κ2) is 13.4. The van der Waals surface area contributed by atoms with Crippen molar-refractivity contribution in [3.8, 4) is 33.4 Å². The molecule has 1 heterocycles. The Labute approximate surface area is 330 Å². The van der Waals surface area contributed by atoms with E-state index < -0.39 is 0 Å². The van der Waals surface area contributed by atoms with Crippen LogP contribution in [0.5, 0.6) is 0 Å². The Morgan fingerprint density at radius 3 is 1.64 bits per heavy atom. The summed E-state index contributed by atoms with van der Waals surface area (Å²) >= 11 is 1.86. The molecule has 56 heavy (non-hydrogen) atoms. The first-order valence-corrected chi connectivity index (χ1v) is 20.0. The fraction of sp³-hybridized carbons (Fsp3) is 0. The molecule has 0 N–H and O–H groups in total. The topological polar surface area (TPSA) is 3.24 Å². The van der Waals surface area contributed by atoms with Crippen molar-refractivity contribution in [1.82, 2.24) is 0 Å². The van der Waals surface area contributed by atoms with Crippen LogP contribution in [-0.4, -0.2) is 0 Å². The number of rotatable bonds is 6. The summed E-state index contributed by atoms with van der Waals surface area (Å²) in [6.45, 7) is 0. The lowest BCUT2D eigenvalue weighted by Crippen LogP contribution is -2.13. The van der Waals surface area contributed by atoms with Gasteiger partial charge >= 0.3 is 0 Å². The molecule has 0 amide bonds. The largest absolute Gasteiger partial charge is 0.309 e. The van der Waals surface area contributed by atoms with Crippen molar-refractivity contribution < 1.29 is 0 Å². The lowest BCUT2D eigenvalue weighted by atomic mass is 9.90. The first-order valence-electron chi connectivity index (χ1n) is 19.2. The highest BCUT2D eigenvalue weighted by molar-refractivity contribution is 7.25. The van der Waals surface area contributed by atoms with Crippen molar-refractivity contribution in [1.29, 1.82) is 0 Å². The lowest BCUT2D eigenvalue weighted by Gasteiger charge is -2.31. The number of thiophene rings is 1. The Morgan fingerprint density at radius 1 is 0.304 bits per heavy atom. The maximum atomic E-state index is 2.53. The molecule has 0 atom stereocenters. The van der Waals surface area contributed by atoms with Gasteiger partial charge in [0.25, 0.3) is 0 Å². The summed E-state index contributed by atoms with van der Waals surface area (Å²) < 4.78 is 2.59. The Morgan fingerprint density at radius 2 is 0.875 bits per heavy atom. The molecule has 11 aromatic rings. The Bertz CT molecular complexity index is 3260. The van der Waals surface area contributed by atoms with E-state index in [4.69, 9.17) is 0 Å². The van der Waals surface area contributed by atoms with Crippen LogP contribution in [0.1, 0.15) is 0 Å². The summed E-state index contributed by atoms with van der Waals surface area (Å²) in [6, 6.07) is 78.0. The highest BCUT2D eigenvalue weighted by atomic mass is 32.1. The van der Waals surface area contributed by atoms with Crippen molar-refractivity contribution in [3.05, 3.63) is 212 Å². The second-order valence-corrected chi connectivity index (χ2v) is 15.5. The number of hydrogen-bond acceptors (Lipinski definition) is 2. The summed E-state index contributed by atoms with van der Waals surface area (Å²) in [4.78, 5) is 2.53. The SMILES string of the molecule is c1ccc(-c2ccc(N(c3ccc4sc5ccccc5c4c3)c3ccc4ccccc4c3-c3cccc4ccccc34)c(-c3cccc4ccccc34)c2)cc1. The predicted octanol–water partition coefficient (Wildman–Crippen LogP) is 16.0. The van der Waals surface area contributed by atoms with Gasteiger partial charge in [-0.05, 0) is 97.0 Å². The Kier molecular flexibility index (Phi) is 7.75. The van der Waals surface area contributed by atoms with Crippen LogP contribution in [0.15, 0.2) is 212 Å². The van der Waals surface area contributed by atoms with Gasteiger partial charge in [-0.1, -0.05) is 170 Å². The van der Waals surface area contributed by atoms with Crippen LogP contribution in [0.25, 0.3) is 85.9 Å². The van der Waals surface area contributed by atoms with Crippen molar-refractivity contribution in [3.63, 3.8) is 0 Å². The zero-order valence-electron chi connectivity index (χ0n) is 30.6. The van der Waals surface area contributed by atoms with Crippen molar-refractivity contribution in [2.24, 2.45) is 0 Å². The van der Waals surface area contributed by atoms with Gasteiger partial charge in [-0.15, -0.1) is 11.3 Å². The van der Waals surface area contributed by atoms with Crippen LogP contribution < -0.4 is 4.90 Å². The molecule has 10 aromatic carbocycles. The van der Waals surface area contributed by atoms with Gasteiger partial charge < -0.3 is 4.90 Å². The number of fused-ring (bicyclic) bond motifs is 6. The quantitative estimate of drug-likeness (QED) is 0.165. The van der Waals surface area contributed by atoms with Crippen molar-refractivity contribution in [2.75, 3.05) is 4.90 Å². The number of anilines is 3. The molecule has 0 radical (unpaired) electrons. The van der Waals surface area contributed by atoms with Crippen LogP contribution in [0.4, 0.5) is 17.1 Å². The minimum Gasteiger partial charge on any atom is -0.309 e. The Hall–Kier alpha value is -7.00. The fourth-order valence-corrected chi connectivity index (χ4v) is 9.74. The van der Waals surface area contributed by atoms with Gasteiger partial charge in [0.15, 0.2) is 0 Å². The molecule has 0 spiro atoms. The molecular weight excluding hydrogens is 695 g/mol. The second-order valence-electron chi connectivity index (χ2n) is 14.4. The molecule has 0 aliphatic rings. The van der Waals surface area contributed by atoms with Gasteiger partial charge in [0.05, 0.1) is 11.4 Å². The molecule has 1 aromatic heterocycles. The average Bonchev–Trinajstić information content (AvgIpc) is 3.64. The smallest absolute Gasteiger partial charge is 0.0546 e. The van der Waals surface area contributed by atoms with E-state index in [1.807, 2.05) is 11.3 Å². The molecule has 1 nitrogen and oxygen atoms in total. The zero-order valence-corrected chi connectivity index (χ0v) is 31.4. The average molecular weight is 730 g/mol. The van der Waals surface area contributed by atoms with Crippen LogP contribution in [0.3, 0.4) is 0 Å².